The van der Waals surface area contributed by atoms with E-state index in [1.807, 2.05) is 0 Å². The van der Waals surface area contributed by atoms with Gasteiger partial charge in [0.1, 0.15) is 11.4 Å². The molecule has 1 N–H and O–H groups in total. The van der Waals surface area contributed by atoms with Gasteiger partial charge in [0.2, 0.25) is 5.43 Å². The van der Waals surface area contributed by atoms with Gasteiger partial charge in [0.25, 0.3) is 0 Å². The molecule has 7 heteroatoms. The summed E-state index contributed by atoms with van der Waals surface area (Å²) in [6.07, 6.45) is 3.51. The molecule has 1 aromatic carbocycles. The first-order chi connectivity index (χ1) is 12.5. The van der Waals surface area contributed by atoms with Crippen molar-refractivity contribution in [2.24, 2.45) is 5.92 Å². The van der Waals surface area contributed by atoms with Crippen molar-refractivity contribution in [2.75, 3.05) is 13.1 Å². The van der Waals surface area contributed by atoms with E-state index in [1.165, 1.54) is 0 Å². The zero-order valence-corrected chi connectivity index (χ0v) is 14.0. The van der Waals surface area contributed by atoms with Crippen LogP contribution in [-0.4, -0.2) is 33.6 Å². The second kappa shape index (κ2) is 5.36. The molecule has 5 rings (SSSR count). The predicted molar refractivity (Wildman–Crippen MR) is 90.4 cm³/mol. The van der Waals surface area contributed by atoms with Crippen molar-refractivity contribution in [2.45, 2.75) is 37.8 Å². The maximum atomic E-state index is 14.7. The van der Waals surface area contributed by atoms with Crippen LogP contribution < -0.4 is 5.43 Å². The van der Waals surface area contributed by atoms with Crippen LogP contribution in [0.15, 0.2) is 16.9 Å². The van der Waals surface area contributed by atoms with Crippen molar-refractivity contribution in [1.82, 2.24) is 9.47 Å². The Morgan fingerprint density at radius 1 is 1.12 bits per heavy atom. The molecule has 2 bridgehead atoms. The number of aromatic nitrogens is 1. The molecular formula is C19H18F2N2O3. The predicted octanol–water partition coefficient (Wildman–Crippen LogP) is 3.08. The van der Waals surface area contributed by atoms with E-state index in [0.717, 1.165) is 50.9 Å². The molecule has 1 atom stereocenters. The Kier molecular flexibility index (Phi) is 3.28. The molecule has 26 heavy (non-hydrogen) atoms. The van der Waals surface area contributed by atoms with Crippen molar-refractivity contribution in [3.05, 3.63) is 45.2 Å². The van der Waals surface area contributed by atoms with E-state index in [4.69, 9.17) is 0 Å². The molecule has 2 aliphatic heterocycles. The number of carbonyl (C=O) groups is 1. The third-order valence-corrected chi connectivity index (χ3v) is 6.08. The topological polar surface area (TPSA) is 62.5 Å². The van der Waals surface area contributed by atoms with E-state index in [1.54, 1.807) is 4.57 Å². The lowest BCUT2D eigenvalue weighted by Gasteiger charge is -2.27. The minimum Gasteiger partial charge on any atom is -0.477 e. The van der Waals surface area contributed by atoms with Gasteiger partial charge in [-0.2, -0.15) is 0 Å². The first-order valence-electron chi connectivity index (χ1n) is 9.02. The zero-order valence-electron chi connectivity index (χ0n) is 14.0. The van der Waals surface area contributed by atoms with Crippen molar-refractivity contribution in [3.63, 3.8) is 0 Å². The lowest BCUT2D eigenvalue weighted by molar-refractivity contribution is 0.0690. The number of aromatic carboxylic acids is 1. The van der Waals surface area contributed by atoms with Crippen LogP contribution in [0.1, 0.15) is 53.8 Å². The fourth-order valence-electron chi connectivity index (χ4n) is 4.89. The maximum absolute atomic E-state index is 14.7. The van der Waals surface area contributed by atoms with Gasteiger partial charge in [-0.3, -0.25) is 9.69 Å². The van der Waals surface area contributed by atoms with Gasteiger partial charge >= 0.3 is 5.97 Å². The zero-order chi connectivity index (χ0) is 18.2. The highest BCUT2D eigenvalue weighted by Crippen LogP contribution is 2.49. The lowest BCUT2D eigenvalue weighted by Crippen LogP contribution is -2.30. The minimum atomic E-state index is -1.32. The molecule has 1 unspecified atom stereocenters. The summed E-state index contributed by atoms with van der Waals surface area (Å²) in [6, 6.07) is 1.52. The molecule has 1 saturated carbocycles. The summed E-state index contributed by atoms with van der Waals surface area (Å²) in [7, 11) is 0. The summed E-state index contributed by atoms with van der Waals surface area (Å²) in [5.41, 5.74) is -0.641. The Morgan fingerprint density at radius 3 is 2.35 bits per heavy atom. The van der Waals surface area contributed by atoms with Crippen LogP contribution in [0.5, 0.6) is 0 Å². The van der Waals surface area contributed by atoms with E-state index >= 15 is 0 Å². The summed E-state index contributed by atoms with van der Waals surface area (Å²) >= 11 is 0. The second-order valence-corrected chi connectivity index (χ2v) is 7.60. The van der Waals surface area contributed by atoms with Crippen molar-refractivity contribution in [1.29, 1.82) is 0 Å². The molecule has 3 aliphatic rings. The van der Waals surface area contributed by atoms with Gasteiger partial charge in [0.05, 0.1) is 22.6 Å². The van der Waals surface area contributed by atoms with Crippen LogP contribution >= 0.6 is 0 Å². The molecule has 0 radical (unpaired) electrons. The maximum Gasteiger partial charge on any atom is 0.341 e. The smallest absolute Gasteiger partial charge is 0.341 e. The molecule has 2 saturated heterocycles. The number of fused-ring (bicyclic) bond motifs is 3. The fourth-order valence-corrected chi connectivity index (χ4v) is 4.89. The normalized spacial score (nSPS) is 27.4. The summed E-state index contributed by atoms with van der Waals surface area (Å²) in [5, 5.41) is 9.62. The van der Waals surface area contributed by atoms with Crippen molar-refractivity contribution in [3.8, 4) is 0 Å². The standard InChI is InChI=1S/C19H18F2N2O3/c20-10-7-12-16(13(21)8-10)23(11-1-2-11)17(14(18(12)24)19(25)26)15-9-3-5-22(15)6-4-9/h7-9,11,15H,1-6H2,(H,25,26). The van der Waals surface area contributed by atoms with Gasteiger partial charge in [-0.1, -0.05) is 0 Å². The van der Waals surface area contributed by atoms with Gasteiger partial charge in [-0.25, -0.2) is 13.6 Å². The van der Waals surface area contributed by atoms with E-state index in [-0.39, 0.29) is 34.5 Å². The van der Waals surface area contributed by atoms with Crippen molar-refractivity contribution < 1.29 is 18.7 Å². The fraction of sp³-hybridized carbons (Fsp3) is 0.474. The SMILES string of the molecule is O=C(O)c1c(C2C3CCN2CC3)n(C2CC2)c2c(F)cc(F)cc2c1=O. The Morgan fingerprint density at radius 2 is 1.81 bits per heavy atom. The number of carboxylic acid groups (broad SMARTS) is 1. The molecule has 3 fully saturated rings. The first kappa shape index (κ1) is 15.9. The molecular weight excluding hydrogens is 342 g/mol. The third kappa shape index (κ3) is 2.09. The van der Waals surface area contributed by atoms with Crippen LogP contribution in [0.2, 0.25) is 0 Å². The van der Waals surface area contributed by atoms with E-state index < -0.39 is 23.0 Å². The third-order valence-electron chi connectivity index (χ3n) is 6.08. The Balaban J connectivity index is 1.94. The van der Waals surface area contributed by atoms with E-state index in [9.17, 15) is 23.5 Å². The van der Waals surface area contributed by atoms with Crippen LogP contribution in [-0.2, 0) is 0 Å². The summed E-state index contributed by atoms with van der Waals surface area (Å²) in [5.74, 6) is -2.72. The average Bonchev–Trinajstić information content (AvgIpc) is 3.25. The van der Waals surface area contributed by atoms with Gasteiger partial charge in [-0.15, -0.1) is 0 Å². The number of piperidine rings is 1. The largest absolute Gasteiger partial charge is 0.477 e. The molecule has 3 heterocycles. The van der Waals surface area contributed by atoms with Gasteiger partial charge in [0.15, 0.2) is 5.82 Å². The Hall–Kier alpha value is -2.28. The van der Waals surface area contributed by atoms with E-state index in [2.05, 4.69) is 4.90 Å². The van der Waals surface area contributed by atoms with Crippen LogP contribution in [0.3, 0.4) is 0 Å². The average molecular weight is 360 g/mol. The minimum absolute atomic E-state index is 0.0349. The number of halogens is 2. The molecule has 0 amide bonds. The molecule has 2 aromatic rings. The Bertz CT molecular complexity index is 992. The van der Waals surface area contributed by atoms with Gasteiger partial charge in [0, 0.05) is 12.1 Å². The number of benzene rings is 1. The summed E-state index contributed by atoms with van der Waals surface area (Å²) < 4.78 is 30.2. The monoisotopic (exact) mass is 360 g/mol. The molecule has 1 aromatic heterocycles. The summed E-state index contributed by atoms with van der Waals surface area (Å²) in [4.78, 5) is 27.1. The highest BCUT2D eigenvalue weighted by atomic mass is 19.1. The van der Waals surface area contributed by atoms with E-state index in [0.29, 0.717) is 5.69 Å². The number of pyridine rings is 1. The lowest BCUT2D eigenvalue weighted by atomic mass is 9.93. The van der Waals surface area contributed by atoms with Crippen LogP contribution in [0, 0.1) is 17.6 Å². The van der Waals surface area contributed by atoms with Gasteiger partial charge in [-0.05, 0) is 50.8 Å². The highest BCUT2D eigenvalue weighted by Gasteiger charge is 2.46. The first-order valence-corrected chi connectivity index (χ1v) is 9.02. The molecule has 136 valence electrons. The number of rotatable bonds is 3. The molecule has 1 aliphatic carbocycles. The Labute approximate surface area is 147 Å². The molecule has 0 spiro atoms. The molecule has 5 nitrogen and oxygen atoms in total. The quantitative estimate of drug-likeness (QED) is 0.914. The van der Waals surface area contributed by atoms with Crippen LogP contribution in [0.4, 0.5) is 8.78 Å². The number of carboxylic acids is 1. The van der Waals surface area contributed by atoms with Crippen LogP contribution in [0.25, 0.3) is 10.9 Å². The number of hydrogen-bond acceptors (Lipinski definition) is 3. The second-order valence-electron chi connectivity index (χ2n) is 7.60. The summed E-state index contributed by atoms with van der Waals surface area (Å²) in [6.45, 7) is 1.72. The van der Waals surface area contributed by atoms with Gasteiger partial charge < -0.3 is 9.67 Å². The highest BCUT2D eigenvalue weighted by molar-refractivity contribution is 5.94. The number of nitrogens with zero attached hydrogens (tertiary/aromatic N) is 2. The number of hydrogen-bond donors (Lipinski definition) is 1. The van der Waals surface area contributed by atoms with Crippen molar-refractivity contribution >= 4 is 16.9 Å².